The molecule has 1 unspecified atom stereocenters. The molecule has 22 nitrogen and oxygen atoms in total. The van der Waals surface area contributed by atoms with E-state index in [1.54, 1.807) is 19.6 Å². The second-order valence-electron chi connectivity index (χ2n) is 15.3. The van der Waals surface area contributed by atoms with E-state index in [2.05, 4.69) is 0 Å². The highest BCUT2D eigenvalue weighted by atomic mass is 16.7. The van der Waals surface area contributed by atoms with Crippen LogP contribution in [0.15, 0.2) is 53.3 Å². The largest absolute Gasteiger partial charge is 0.480 e. The Morgan fingerprint density at radius 2 is 1.15 bits per heavy atom. The van der Waals surface area contributed by atoms with Gasteiger partial charge in [0.25, 0.3) is 11.5 Å². The van der Waals surface area contributed by atoms with Crippen molar-refractivity contribution in [3.05, 3.63) is 70.1 Å². The van der Waals surface area contributed by atoms with Gasteiger partial charge in [0.1, 0.15) is 24.1 Å². The molecule has 65 heavy (non-hydrogen) atoms. The second kappa shape index (κ2) is 30.7. The number of ether oxygens (including phenoxy) is 3. The lowest BCUT2D eigenvalue weighted by Gasteiger charge is -2.35. The molecule has 0 aliphatic carbocycles. The summed E-state index contributed by atoms with van der Waals surface area (Å²) in [7, 11) is 0. The number of carboxylic acid groups (broad SMARTS) is 4. The zero-order valence-corrected chi connectivity index (χ0v) is 36.9. The fourth-order valence-electron chi connectivity index (χ4n) is 7.02. The van der Waals surface area contributed by atoms with Gasteiger partial charge in [-0.25, -0.2) is 0 Å². The quantitative estimate of drug-likeness (QED) is 0.0587. The van der Waals surface area contributed by atoms with Crippen LogP contribution in [-0.4, -0.2) is 223 Å². The Morgan fingerprint density at radius 3 is 1.68 bits per heavy atom. The summed E-state index contributed by atoms with van der Waals surface area (Å²) in [5.41, 5.74) is 5.61. The summed E-state index contributed by atoms with van der Waals surface area (Å²) in [4.78, 5) is 102. The molecule has 1 amide bonds. The van der Waals surface area contributed by atoms with Gasteiger partial charge in [-0.05, 0) is 24.5 Å². The molecule has 3 rings (SSSR count). The molecular formula is C43H65N7O15. The van der Waals surface area contributed by atoms with Gasteiger partial charge in [-0.15, -0.1) is 4.73 Å². The molecule has 1 aromatic carbocycles. The average molecular weight is 920 g/mol. The molecule has 6 N–H and O–H groups in total. The fraction of sp³-hybridized carbons (Fsp3) is 0.605. The molecule has 1 aliphatic heterocycles. The predicted molar refractivity (Wildman–Crippen MR) is 234 cm³/mol. The molecule has 0 spiro atoms. The monoisotopic (exact) mass is 919 g/mol. The maximum absolute atomic E-state index is 14.1. The van der Waals surface area contributed by atoms with Crippen molar-refractivity contribution in [2.75, 3.05) is 131 Å². The summed E-state index contributed by atoms with van der Waals surface area (Å²) in [6.07, 6.45) is -0.0256. The summed E-state index contributed by atoms with van der Waals surface area (Å²) in [6, 6.07) is 12.1. The Labute approximate surface area is 377 Å². The Hall–Kier alpha value is -5.33. The third-order valence-electron chi connectivity index (χ3n) is 10.4. The van der Waals surface area contributed by atoms with Crippen molar-refractivity contribution < 1.29 is 68.2 Å². The second-order valence-corrected chi connectivity index (χ2v) is 15.3. The van der Waals surface area contributed by atoms with Crippen molar-refractivity contribution in [1.29, 1.82) is 0 Å². The SMILES string of the molecule is NCCOCCOCCOCCN(CCCC(=O)CCC(C(=O)O)N1CCN(CC(=O)O)CCN(CC(=O)O)CCN(CC(=O)O)CC1)C(=O)c1cccc(=O)n1OCc1ccccc1. The lowest BCUT2D eigenvalue weighted by molar-refractivity contribution is -0.145. The summed E-state index contributed by atoms with van der Waals surface area (Å²) in [5, 5.41) is 38.9. The Bertz CT molecular complexity index is 1800. The van der Waals surface area contributed by atoms with Crippen LogP contribution in [-0.2, 0) is 44.8 Å². The molecule has 0 bridgehead atoms. The smallest absolute Gasteiger partial charge is 0.320 e. The number of rotatable bonds is 30. The highest BCUT2D eigenvalue weighted by Gasteiger charge is 2.29. The number of aromatic nitrogens is 1. The standard InChI is InChI=1S/C43H65N7O15/c44-13-24-62-26-28-64-29-27-63-25-23-49(42(59)36-9-4-10-38(52)50(36)65-33-34-6-2-1-3-7-34)14-5-8-35(51)11-12-37(43(60)61)48-21-19-46(31-40(55)56)17-15-45(30-39(53)54)16-18-47(20-22-48)32-41(57)58/h1-4,6-7,9-10,37H,5,8,11-33,44H2,(H,53,54)(H,55,56)(H,57,58)(H,60,61). The first-order chi connectivity index (χ1) is 31.3. The minimum absolute atomic E-state index is 0.00519. The van der Waals surface area contributed by atoms with E-state index in [1.165, 1.54) is 23.1 Å². The Balaban J connectivity index is 1.69. The van der Waals surface area contributed by atoms with Gasteiger partial charge in [0.05, 0.1) is 59.3 Å². The number of aliphatic carboxylic acids is 4. The fourth-order valence-corrected chi connectivity index (χ4v) is 7.02. The third-order valence-corrected chi connectivity index (χ3v) is 10.4. The molecule has 2 aromatic rings. The van der Waals surface area contributed by atoms with E-state index in [-0.39, 0.29) is 149 Å². The number of carbonyl (C=O) groups is 6. The first kappa shape index (κ1) is 54.0. The van der Waals surface area contributed by atoms with Crippen LogP contribution in [0.25, 0.3) is 0 Å². The lowest BCUT2D eigenvalue weighted by Crippen LogP contribution is -2.51. The molecule has 1 saturated heterocycles. The number of nitrogens with two attached hydrogens (primary N) is 1. The van der Waals surface area contributed by atoms with Gasteiger partial charge in [0.2, 0.25) is 0 Å². The zero-order chi connectivity index (χ0) is 47.4. The minimum Gasteiger partial charge on any atom is -0.480 e. The van der Waals surface area contributed by atoms with Crippen molar-refractivity contribution in [1.82, 2.24) is 29.2 Å². The molecule has 22 heteroatoms. The van der Waals surface area contributed by atoms with Crippen LogP contribution in [0.1, 0.15) is 41.7 Å². The van der Waals surface area contributed by atoms with Crippen molar-refractivity contribution in [3.8, 4) is 0 Å². The first-order valence-corrected chi connectivity index (χ1v) is 21.7. The number of hydrogen-bond donors (Lipinski definition) is 5. The zero-order valence-electron chi connectivity index (χ0n) is 36.9. The van der Waals surface area contributed by atoms with Crippen LogP contribution in [0.4, 0.5) is 0 Å². The molecule has 1 aromatic heterocycles. The number of carboxylic acids is 4. The number of nitrogens with zero attached hydrogens (tertiary/aromatic N) is 6. The van der Waals surface area contributed by atoms with E-state index in [9.17, 15) is 54.0 Å². The van der Waals surface area contributed by atoms with Crippen molar-refractivity contribution in [2.45, 2.75) is 38.3 Å². The lowest BCUT2D eigenvalue weighted by atomic mass is 10.0. The van der Waals surface area contributed by atoms with Crippen LogP contribution in [0.5, 0.6) is 0 Å². The normalized spacial score (nSPS) is 15.3. The number of carbonyl (C=O) groups excluding carboxylic acids is 2. The van der Waals surface area contributed by atoms with Gasteiger partial charge in [0, 0.05) is 90.9 Å². The van der Waals surface area contributed by atoms with Crippen LogP contribution < -0.4 is 16.1 Å². The van der Waals surface area contributed by atoms with Crippen LogP contribution >= 0.6 is 0 Å². The molecule has 1 atom stereocenters. The molecule has 1 fully saturated rings. The Morgan fingerprint density at radius 1 is 0.631 bits per heavy atom. The van der Waals surface area contributed by atoms with Gasteiger partial charge in [-0.1, -0.05) is 36.4 Å². The van der Waals surface area contributed by atoms with E-state index in [0.717, 1.165) is 10.3 Å². The molecule has 2 heterocycles. The molecule has 0 saturated carbocycles. The maximum Gasteiger partial charge on any atom is 0.320 e. The van der Waals surface area contributed by atoms with E-state index in [1.807, 2.05) is 30.3 Å². The van der Waals surface area contributed by atoms with Crippen LogP contribution in [0.2, 0.25) is 0 Å². The first-order valence-electron chi connectivity index (χ1n) is 21.7. The summed E-state index contributed by atoms with van der Waals surface area (Å²) in [5.74, 6) is -5.33. The summed E-state index contributed by atoms with van der Waals surface area (Å²) < 4.78 is 17.4. The van der Waals surface area contributed by atoms with Crippen LogP contribution in [0, 0.1) is 0 Å². The van der Waals surface area contributed by atoms with Gasteiger partial charge in [0.15, 0.2) is 0 Å². The molecular weight excluding hydrogens is 855 g/mol. The minimum atomic E-state index is -1.21. The number of Topliss-reactive ketones (excluding diaryl/α,β-unsaturated/α-hetero) is 1. The van der Waals surface area contributed by atoms with E-state index in [0.29, 0.717) is 26.4 Å². The van der Waals surface area contributed by atoms with Gasteiger partial charge in [-0.2, -0.15) is 0 Å². The number of ketones is 1. The number of pyridine rings is 1. The topological polar surface area (TPSA) is 284 Å². The van der Waals surface area contributed by atoms with Gasteiger partial charge >= 0.3 is 23.9 Å². The molecule has 1 aliphatic rings. The predicted octanol–water partition coefficient (Wildman–Crippen LogP) is -1.01. The number of hydrogen-bond acceptors (Lipinski definition) is 16. The average Bonchev–Trinajstić information content (AvgIpc) is 3.26. The number of amides is 1. The van der Waals surface area contributed by atoms with Gasteiger partial charge in [-0.3, -0.25) is 53.2 Å². The summed E-state index contributed by atoms with van der Waals surface area (Å²) in [6.45, 7) is 2.40. The van der Waals surface area contributed by atoms with Gasteiger partial charge < -0.3 is 50.1 Å². The van der Waals surface area contributed by atoms with Crippen molar-refractivity contribution >= 4 is 35.6 Å². The molecule has 362 valence electrons. The van der Waals surface area contributed by atoms with E-state index >= 15 is 0 Å². The van der Waals surface area contributed by atoms with Crippen molar-refractivity contribution in [3.63, 3.8) is 0 Å². The maximum atomic E-state index is 14.1. The third kappa shape index (κ3) is 21.9. The van der Waals surface area contributed by atoms with Crippen molar-refractivity contribution in [2.24, 2.45) is 5.73 Å². The van der Waals surface area contributed by atoms with E-state index < -0.39 is 41.4 Å². The Kier molecular flexibility index (Phi) is 25.5. The van der Waals surface area contributed by atoms with Crippen LogP contribution in [0.3, 0.4) is 0 Å². The highest BCUT2D eigenvalue weighted by Crippen LogP contribution is 2.14. The molecule has 0 radical (unpaired) electrons. The highest BCUT2D eigenvalue weighted by molar-refractivity contribution is 5.92. The summed E-state index contributed by atoms with van der Waals surface area (Å²) >= 11 is 0. The van der Waals surface area contributed by atoms with E-state index in [4.69, 9.17) is 24.8 Å². The number of benzene rings is 1.